The standard InChI is InChI=1S/C20H17ClN2O4S/c21-17-6-9-19(10-7-17)28(26,27)23-13-18(24)8-5-16(20(23)25)11-14-1-3-15(12-22)4-2-14/h1-4,6-7,9-10,16H,5,8,11,13H2. The molecule has 0 aliphatic carbocycles. The lowest BCUT2D eigenvalue weighted by molar-refractivity contribution is -0.131. The molecule has 1 saturated heterocycles. The number of hydrogen-bond donors (Lipinski definition) is 0. The second-order valence-electron chi connectivity index (χ2n) is 6.59. The zero-order chi connectivity index (χ0) is 20.3. The minimum absolute atomic E-state index is 0.0860. The van der Waals surface area contributed by atoms with Crippen LogP contribution in [0, 0.1) is 17.2 Å². The van der Waals surface area contributed by atoms with E-state index in [1.165, 1.54) is 24.3 Å². The fourth-order valence-electron chi connectivity index (χ4n) is 3.11. The molecule has 0 radical (unpaired) electrons. The highest BCUT2D eigenvalue weighted by Gasteiger charge is 2.37. The lowest BCUT2D eigenvalue weighted by atomic mass is 9.94. The number of halogens is 1. The van der Waals surface area contributed by atoms with Gasteiger partial charge in [-0.3, -0.25) is 9.59 Å². The minimum atomic E-state index is -4.16. The first-order valence-corrected chi connectivity index (χ1v) is 10.5. The van der Waals surface area contributed by atoms with Crippen LogP contribution in [0.3, 0.4) is 0 Å². The van der Waals surface area contributed by atoms with Crippen molar-refractivity contribution in [2.45, 2.75) is 24.2 Å². The Morgan fingerprint density at radius 2 is 1.71 bits per heavy atom. The predicted octanol–water partition coefficient (Wildman–Crippen LogP) is 2.95. The molecule has 2 aromatic rings. The van der Waals surface area contributed by atoms with Crippen molar-refractivity contribution in [2.75, 3.05) is 6.54 Å². The first-order chi connectivity index (χ1) is 13.3. The van der Waals surface area contributed by atoms with Gasteiger partial charge in [-0.2, -0.15) is 5.26 Å². The van der Waals surface area contributed by atoms with Gasteiger partial charge < -0.3 is 0 Å². The Kier molecular flexibility index (Phi) is 5.82. The largest absolute Gasteiger partial charge is 0.298 e. The van der Waals surface area contributed by atoms with Gasteiger partial charge in [0.25, 0.3) is 10.0 Å². The van der Waals surface area contributed by atoms with Gasteiger partial charge in [-0.25, -0.2) is 12.7 Å². The zero-order valence-electron chi connectivity index (χ0n) is 14.8. The van der Waals surface area contributed by atoms with E-state index in [-0.39, 0.29) is 23.5 Å². The zero-order valence-corrected chi connectivity index (χ0v) is 16.4. The molecule has 2 aromatic carbocycles. The number of carbonyl (C=O) groups is 2. The molecule has 3 rings (SSSR count). The maximum absolute atomic E-state index is 13.0. The average Bonchev–Trinajstić information content (AvgIpc) is 2.82. The first-order valence-electron chi connectivity index (χ1n) is 8.64. The van der Waals surface area contributed by atoms with Crippen LogP contribution in [0.4, 0.5) is 0 Å². The highest BCUT2D eigenvalue weighted by molar-refractivity contribution is 7.89. The maximum atomic E-state index is 13.0. The molecule has 0 aromatic heterocycles. The van der Waals surface area contributed by atoms with E-state index in [0.29, 0.717) is 21.3 Å². The van der Waals surface area contributed by atoms with Crippen molar-refractivity contribution in [3.05, 3.63) is 64.7 Å². The molecule has 28 heavy (non-hydrogen) atoms. The van der Waals surface area contributed by atoms with Crippen LogP contribution in [0.25, 0.3) is 0 Å². The fraction of sp³-hybridized carbons (Fsp3) is 0.250. The molecular weight excluding hydrogens is 400 g/mol. The van der Waals surface area contributed by atoms with Crippen LogP contribution in [-0.4, -0.2) is 31.0 Å². The average molecular weight is 417 g/mol. The third-order valence-electron chi connectivity index (χ3n) is 4.65. The Bertz CT molecular complexity index is 1040. The molecule has 1 amide bonds. The minimum Gasteiger partial charge on any atom is -0.298 e. The van der Waals surface area contributed by atoms with E-state index in [1.54, 1.807) is 24.3 Å². The molecule has 1 fully saturated rings. The van der Waals surface area contributed by atoms with E-state index in [9.17, 15) is 18.0 Å². The molecule has 1 unspecified atom stereocenters. The molecule has 1 heterocycles. The number of Topliss-reactive ketones (excluding diaryl/α,β-unsaturated/α-hetero) is 1. The van der Waals surface area contributed by atoms with Crippen molar-refractivity contribution in [1.82, 2.24) is 4.31 Å². The van der Waals surface area contributed by atoms with Gasteiger partial charge in [-0.15, -0.1) is 0 Å². The number of sulfonamides is 1. The fourth-order valence-corrected chi connectivity index (χ4v) is 4.67. The number of benzene rings is 2. The lowest BCUT2D eigenvalue weighted by Crippen LogP contribution is -2.42. The normalized spacial score (nSPS) is 17.9. The molecule has 8 heteroatoms. The summed E-state index contributed by atoms with van der Waals surface area (Å²) in [4.78, 5) is 25.1. The molecular formula is C20H17ClN2O4S. The van der Waals surface area contributed by atoms with Crippen LogP contribution >= 0.6 is 11.6 Å². The summed E-state index contributed by atoms with van der Waals surface area (Å²) in [6.07, 6.45) is 0.716. The molecule has 1 aliphatic heterocycles. The summed E-state index contributed by atoms with van der Waals surface area (Å²) in [6, 6.07) is 14.3. The van der Waals surface area contributed by atoms with Crippen LogP contribution in [0.5, 0.6) is 0 Å². The quantitative estimate of drug-likeness (QED) is 0.763. The number of nitriles is 1. The van der Waals surface area contributed by atoms with Crippen molar-refractivity contribution in [3.8, 4) is 6.07 Å². The molecule has 0 bridgehead atoms. The van der Waals surface area contributed by atoms with Gasteiger partial charge in [-0.1, -0.05) is 23.7 Å². The van der Waals surface area contributed by atoms with E-state index in [4.69, 9.17) is 16.9 Å². The number of nitrogens with zero attached hydrogens (tertiary/aromatic N) is 2. The number of ketones is 1. The van der Waals surface area contributed by atoms with Crippen LogP contribution < -0.4 is 0 Å². The van der Waals surface area contributed by atoms with E-state index in [1.807, 2.05) is 6.07 Å². The summed E-state index contributed by atoms with van der Waals surface area (Å²) in [5, 5.41) is 9.26. The Hall–Kier alpha value is -2.69. The van der Waals surface area contributed by atoms with Gasteiger partial charge in [0.05, 0.1) is 23.1 Å². The number of rotatable bonds is 4. The van der Waals surface area contributed by atoms with E-state index in [0.717, 1.165) is 5.56 Å². The predicted molar refractivity (Wildman–Crippen MR) is 103 cm³/mol. The number of hydrogen-bond acceptors (Lipinski definition) is 5. The highest BCUT2D eigenvalue weighted by Crippen LogP contribution is 2.26. The maximum Gasteiger partial charge on any atom is 0.266 e. The third-order valence-corrected chi connectivity index (χ3v) is 6.66. The monoisotopic (exact) mass is 416 g/mol. The Labute approximate surface area is 168 Å². The van der Waals surface area contributed by atoms with Crippen molar-refractivity contribution >= 4 is 33.3 Å². The number of amides is 1. The van der Waals surface area contributed by atoms with Crippen molar-refractivity contribution in [1.29, 1.82) is 5.26 Å². The molecule has 0 spiro atoms. The van der Waals surface area contributed by atoms with Crippen LogP contribution in [0.1, 0.15) is 24.0 Å². The van der Waals surface area contributed by atoms with Crippen LogP contribution in [0.15, 0.2) is 53.4 Å². The lowest BCUT2D eigenvalue weighted by Gasteiger charge is -2.23. The highest BCUT2D eigenvalue weighted by atomic mass is 35.5. The van der Waals surface area contributed by atoms with Crippen LogP contribution in [-0.2, 0) is 26.0 Å². The molecule has 1 aliphatic rings. The van der Waals surface area contributed by atoms with Crippen molar-refractivity contribution < 1.29 is 18.0 Å². The van der Waals surface area contributed by atoms with Crippen molar-refractivity contribution in [3.63, 3.8) is 0 Å². The van der Waals surface area contributed by atoms with Gasteiger partial charge in [0.1, 0.15) is 0 Å². The number of carbonyl (C=O) groups excluding carboxylic acids is 2. The van der Waals surface area contributed by atoms with Gasteiger partial charge in [0.15, 0.2) is 5.78 Å². The summed E-state index contributed by atoms with van der Waals surface area (Å²) in [7, 11) is -4.16. The van der Waals surface area contributed by atoms with E-state index < -0.39 is 28.4 Å². The smallest absolute Gasteiger partial charge is 0.266 e. The summed E-state index contributed by atoms with van der Waals surface area (Å²) in [6.45, 7) is -0.465. The molecule has 144 valence electrons. The molecule has 6 nitrogen and oxygen atoms in total. The summed E-state index contributed by atoms with van der Waals surface area (Å²) < 4.78 is 26.6. The van der Waals surface area contributed by atoms with Gasteiger partial charge >= 0.3 is 0 Å². The SMILES string of the molecule is N#Cc1ccc(CC2CCC(=O)CN(S(=O)(=O)c3ccc(Cl)cc3)C2=O)cc1. The Morgan fingerprint density at radius 3 is 2.32 bits per heavy atom. The summed E-state index contributed by atoms with van der Waals surface area (Å²) >= 11 is 5.81. The summed E-state index contributed by atoms with van der Waals surface area (Å²) in [5.41, 5.74) is 1.30. The second-order valence-corrected chi connectivity index (χ2v) is 8.89. The van der Waals surface area contributed by atoms with Crippen molar-refractivity contribution in [2.24, 2.45) is 5.92 Å². The first kappa shape index (κ1) is 20.1. The molecule has 1 atom stereocenters. The van der Waals surface area contributed by atoms with Crippen LogP contribution in [0.2, 0.25) is 5.02 Å². The molecule has 0 saturated carbocycles. The second kappa shape index (κ2) is 8.13. The van der Waals surface area contributed by atoms with E-state index in [2.05, 4.69) is 0 Å². The Balaban J connectivity index is 1.90. The van der Waals surface area contributed by atoms with Gasteiger partial charge in [0.2, 0.25) is 5.91 Å². The third kappa shape index (κ3) is 4.24. The topological polar surface area (TPSA) is 95.3 Å². The summed E-state index contributed by atoms with van der Waals surface area (Å²) in [5.74, 6) is -1.53. The van der Waals surface area contributed by atoms with Gasteiger partial charge in [0, 0.05) is 17.4 Å². The molecule has 0 N–H and O–H groups in total. The van der Waals surface area contributed by atoms with Gasteiger partial charge in [-0.05, 0) is 54.8 Å². The van der Waals surface area contributed by atoms with E-state index >= 15 is 0 Å². The Morgan fingerprint density at radius 1 is 1.07 bits per heavy atom.